The highest BCUT2D eigenvalue weighted by Crippen LogP contribution is 2.37. The van der Waals surface area contributed by atoms with Crippen LogP contribution in [-0.4, -0.2) is 18.0 Å². The molecule has 5 nitrogen and oxygen atoms in total. The second kappa shape index (κ2) is 8.73. The van der Waals surface area contributed by atoms with Gasteiger partial charge in [0.25, 0.3) is 0 Å². The van der Waals surface area contributed by atoms with Gasteiger partial charge in [-0.1, -0.05) is 47.2 Å². The van der Waals surface area contributed by atoms with Gasteiger partial charge < -0.3 is 9.15 Å². The van der Waals surface area contributed by atoms with Crippen molar-refractivity contribution in [3.63, 3.8) is 0 Å². The van der Waals surface area contributed by atoms with Gasteiger partial charge in [0.1, 0.15) is 11.3 Å². The third-order valence-corrected chi connectivity index (χ3v) is 6.55. The van der Waals surface area contributed by atoms with Crippen LogP contribution in [0.1, 0.15) is 12.5 Å². The van der Waals surface area contributed by atoms with Crippen LogP contribution in [-0.2, 0) is 4.79 Å². The summed E-state index contributed by atoms with van der Waals surface area (Å²) in [5.74, 6) is 0.375. The summed E-state index contributed by atoms with van der Waals surface area (Å²) in [7, 11) is 1.60. The number of methoxy groups -OCH3 is 1. The van der Waals surface area contributed by atoms with Crippen molar-refractivity contribution in [1.82, 2.24) is 4.98 Å². The molecule has 33 heavy (non-hydrogen) atoms. The zero-order valence-corrected chi connectivity index (χ0v) is 19.5. The summed E-state index contributed by atoms with van der Waals surface area (Å²) in [6.07, 6.45) is 3.27. The minimum Gasteiger partial charge on any atom is -0.496 e. The lowest BCUT2D eigenvalue weighted by atomic mass is 9.99. The molecule has 1 amide bonds. The highest BCUT2D eigenvalue weighted by Gasteiger charge is 2.15. The van der Waals surface area contributed by atoms with Crippen molar-refractivity contribution < 1.29 is 13.9 Å². The molecular weight excluding hydrogens is 456 g/mol. The van der Waals surface area contributed by atoms with E-state index in [0.717, 1.165) is 37.9 Å². The Morgan fingerprint density at radius 1 is 1.15 bits per heavy atom. The minimum atomic E-state index is -0.251. The normalized spacial score (nSPS) is 11.8. The van der Waals surface area contributed by atoms with Crippen molar-refractivity contribution in [3.8, 4) is 16.9 Å². The number of fused-ring (bicyclic) bond motifs is 2. The molecule has 0 spiro atoms. The molecule has 7 heteroatoms. The summed E-state index contributed by atoms with van der Waals surface area (Å²) >= 11 is 7.48. The number of amides is 1. The van der Waals surface area contributed by atoms with Crippen LogP contribution in [0.3, 0.4) is 0 Å². The van der Waals surface area contributed by atoms with E-state index < -0.39 is 0 Å². The maximum atomic E-state index is 12.7. The first-order valence-electron chi connectivity index (χ1n) is 10.2. The van der Waals surface area contributed by atoms with Gasteiger partial charge >= 0.3 is 0 Å². The number of carbonyl (C=O) groups is 1. The molecule has 0 aliphatic heterocycles. The Bertz CT molecular complexity index is 1480. The van der Waals surface area contributed by atoms with E-state index in [1.165, 1.54) is 11.3 Å². The summed E-state index contributed by atoms with van der Waals surface area (Å²) < 4.78 is 12.4. The van der Waals surface area contributed by atoms with Gasteiger partial charge in [0.05, 0.1) is 23.6 Å². The van der Waals surface area contributed by atoms with Crippen molar-refractivity contribution in [3.05, 3.63) is 83.6 Å². The Morgan fingerprint density at radius 2 is 1.94 bits per heavy atom. The molecule has 0 unspecified atom stereocenters. The number of anilines is 1. The molecular formula is C26H19ClN2O3S. The standard InChI is InChI=1S/C26H19ClN2O3S/c1-15(11-25(30)29-26-28-21-5-3-4-6-24(21)33-26)18-12-19-20(16-7-9-17(27)10-8-16)14-32-23(19)13-22(18)31-2/h3-14H,1-2H3,(H,28,29,30)/b15-11+. The fourth-order valence-electron chi connectivity index (χ4n) is 3.73. The van der Waals surface area contributed by atoms with E-state index in [9.17, 15) is 4.79 Å². The number of halogens is 1. The van der Waals surface area contributed by atoms with E-state index in [1.807, 2.05) is 67.6 Å². The molecule has 5 aromatic rings. The number of aromatic nitrogens is 1. The van der Waals surface area contributed by atoms with Crippen molar-refractivity contribution in [2.24, 2.45) is 0 Å². The van der Waals surface area contributed by atoms with Gasteiger partial charge in [-0.3, -0.25) is 10.1 Å². The molecule has 2 heterocycles. The van der Waals surface area contributed by atoms with Gasteiger partial charge in [0.2, 0.25) is 5.91 Å². The van der Waals surface area contributed by atoms with Gasteiger partial charge in [-0.05, 0) is 48.4 Å². The van der Waals surface area contributed by atoms with Crippen LogP contribution >= 0.6 is 22.9 Å². The first-order valence-corrected chi connectivity index (χ1v) is 11.4. The zero-order valence-electron chi connectivity index (χ0n) is 17.9. The van der Waals surface area contributed by atoms with E-state index in [-0.39, 0.29) is 5.91 Å². The third kappa shape index (κ3) is 4.23. The van der Waals surface area contributed by atoms with Crippen LogP contribution in [0.4, 0.5) is 5.13 Å². The highest BCUT2D eigenvalue weighted by atomic mass is 35.5. The number of furan rings is 1. The first-order chi connectivity index (χ1) is 16.0. The molecule has 0 fully saturated rings. The molecule has 0 radical (unpaired) electrons. The summed E-state index contributed by atoms with van der Waals surface area (Å²) in [6.45, 7) is 1.88. The van der Waals surface area contributed by atoms with E-state index in [1.54, 1.807) is 19.4 Å². The molecule has 0 saturated heterocycles. The number of thiazole rings is 1. The SMILES string of the molecule is COc1cc2occ(-c3ccc(Cl)cc3)c2cc1/C(C)=C/C(=O)Nc1nc2ccccc2s1. The van der Waals surface area contributed by atoms with Gasteiger partial charge in [-0.25, -0.2) is 4.98 Å². The third-order valence-electron chi connectivity index (χ3n) is 5.35. The number of hydrogen-bond donors (Lipinski definition) is 1. The average molecular weight is 475 g/mol. The Morgan fingerprint density at radius 3 is 2.70 bits per heavy atom. The number of benzene rings is 3. The molecule has 0 aliphatic carbocycles. The summed E-state index contributed by atoms with van der Waals surface area (Å²) in [5.41, 5.74) is 5.06. The second-order valence-electron chi connectivity index (χ2n) is 7.51. The van der Waals surface area contributed by atoms with Gasteiger partial charge in [0, 0.05) is 33.7 Å². The average Bonchev–Trinajstić information content (AvgIpc) is 3.41. The fraction of sp³-hybridized carbons (Fsp3) is 0.0769. The van der Waals surface area contributed by atoms with Crippen LogP contribution in [0.2, 0.25) is 5.02 Å². The number of carbonyl (C=O) groups excluding carboxylic acids is 1. The predicted octanol–water partition coefficient (Wildman–Crippen LogP) is 7.41. The fourth-order valence-corrected chi connectivity index (χ4v) is 4.72. The first kappa shape index (κ1) is 21.2. The molecule has 2 aromatic heterocycles. The van der Waals surface area contributed by atoms with Gasteiger partial charge in [-0.15, -0.1) is 0 Å². The van der Waals surface area contributed by atoms with E-state index in [4.69, 9.17) is 20.8 Å². The molecule has 164 valence electrons. The maximum absolute atomic E-state index is 12.7. The second-order valence-corrected chi connectivity index (χ2v) is 8.98. The van der Waals surface area contributed by atoms with Crippen molar-refractivity contribution in [1.29, 1.82) is 0 Å². The zero-order chi connectivity index (χ0) is 22.9. The number of ether oxygens (including phenoxy) is 1. The number of nitrogens with zero attached hydrogens (tertiary/aromatic N) is 1. The Balaban J connectivity index is 1.48. The van der Waals surface area contributed by atoms with E-state index in [0.29, 0.717) is 21.5 Å². The highest BCUT2D eigenvalue weighted by molar-refractivity contribution is 7.22. The lowest BCUT2D eigenvalue weighted by Gasteiger charge is -2.10. The lowest BCUT2D eigenvalue weighted by Crippen LogP contribution is -2.08. The monoisotopic (exact) mass is 474 g/mol. The quantitative estimate of drug-likeness (QED) is 0.269. The topological polar surface area (TPSA) is 64.4 Å². The van der Waals surface area contributed by atoms with Crippen LogP contribution in [0.25, 0.3) is 37.9 Å². The lowest BCUT2D eigenvalue weighted by molar-refractivity contribution is -0.111. The van der Waals surface area contributed by atoms with E-state index in [2.05, 4.69) is 10.3 Å². The van der Waals surface area contributed by atoms with Crippen molar-refractivity contribution in [2.45, 2.75) is 6.92 Å². The number of hydrogen-bond acceptors (Lipinski definition) is 5. The summed E-state index contributed by atoms with van der Waals surface area (Å²) in [4.78, 5) is 17.2. The van der Waals surface area contributed by atoms with Crippen molar-refractivity contribution in [2.75, 3.05) is 12.4 Å². The summed E-state index contributed by atoms with van der Waals surface area (Å²) in [6, 6.07) is 19.2. The van der Waals surface area contributed by atoms with Gasteiger partial charge in [0.15, 0.2) is 5.13 Å². The number of nitrogens with one attached hydrogen (secondary N) is 1. The summed E-state index contributed by atoms with van der Waals surface area (Å²) in [5, 5.41) is 5.02. The molecule has 0 atom stereocenters. The Labute approximate surface area is 199 Å². The number of rotatable bonds is 5. The van der Waals surface area contributed by atoms with E-state index >= 15 is 0 Å². The number of allylic oxidation sites excluding steroid dienone is 1. The Kier molecular flexibility index (Phi) is 5.62. The van der Waals surface area contributed by atoms with Crippen LogP contribution < -0.4 is 10.1 Å². The molecule has 0 saturated carbocycles. The molecule has 5 rings (SSSR count). The Hall–Kier alpha value is -3.61. The molecule has 1 N–H and O–H groups in total. The molecule has 0 aliphatic rings. The molecule has 0 bridgehead atoms. The number of para-hydroxylation sites is 1. The largest absolute Gasteiger partial charge is 0.496 e. The smallest absolute Gasteiger partial charge is 0.250 e. The van der Waals surface area contributed by atoms with Crippen LogP contribution in [0, 0.1) is 0 Å². The van der Waals surface area contributed by atoms with Crippen LogP contribution in [0.15, 0.2) is 77.4 Å². The minimum absolute atomic E-state index is 0.251. The van der Waals surface area contributed by atoms with Crippen molar-refractivity contribution >= 4 is 60.7 Å². The van der Waals surface area contributed by atoms with Crippen LogP contribution in [0.5, 0.6) is 5.75 Å². The predicted molar refractivity (Wildman–Crippen MR) is 135 cm³/mol. The molecule has 3 aromatic carbocycles. The van der Waals surface area contributed by atoms with Gasteiger partial charge in [-0.2, -0.15) is 0 Å². The maximum Gasteiger partial charge on any atom is 0.250 e.